The van der Waals surface area contributed by atoms with Gasteiger partial charge in [-0.1, -0.05) is 13.2 Å². The Balaban J connectivity index is 0. The number of carboxylic acid groups (broad SMARTS) is 1. The molecule has 5 nitrogen and oxygen atoms in total. The van der Waals surface area contributed by atoms with E-state index in [9.17, 15) is 9.59 Å². The molecule has 104 valence electrons. The van der Waals surface area contributed by atoms with Crippen LogP contribution in [0.3, 0.4) is 0 Å². The Kier molecular flexibility index (Phi) is 13.6. The monoisotopic (exact) mass is 492 g/mol. The van der Waals surface area contributed by atoms with E-state index in [0.717, 1.165) is 18.6 Å². The number of ether oxygens (including phenoxy) is 2. The number of carbonyl (C=O) groups excluding carboxylic acids is 1. The summed E-state index contributed by atoms with van der Waals surface area (Å²) in [6.45, 7) is 10.7. The van der Waals surface area contributed by atoms with Gasteiger partial charge < -0.3 is 21.5 Å². The normalized spacial score (nSPS) is 18.1. The summed E-state index contributed by atoms with van der Waals surface area (Å²) in [7, 11) is 0. The Labute approximate surface area is 137 Å². The largest absolute Gasteiger partial charge is 2.00 e. The molecule has 0 aromatic heterocycles. The van der Waals surface area contributed by atoms with Gasteiger partial charge in [0.2, 0.25) is 0 Å². The summed E-state index contributed by atoms with van der Waals surface area (Å²) in [5.74, 6) is -1.40. The molecule has 1 rings (SSSR count). The Morgan fingerprint density at radius 1 is 1.53 bits per heavy atom. The third-order valence-corrected chi connectivity index (χ3v) is 2.09. The van der Waals surface area contributed by atoms with Crippen molar-refractivity contribution in [1.29, 1.82) is 0 Å². The average Bonchev–Trinajstić information content (AvgIpc) is 2.89. The molecule has 0 aromatic carbocycles. The third-order valence-electron chi connectivity index (χ3n) is 2.09. The molecule has 0 aromatic rings. The second-order valence-corrected chi connectivity index (χ2v) is 3.37. The molecule has 0 spiro atoms. The van der Waals surface area contributed by atoms with Gasteiger partial charge in [-0.3, -0.25) is 6.42 Å². The molecule has 0 radical (unpaired) electrons. The van der Waals surface area contributed by atoms with E-state index in [1.807, 2.05) is 6.42 Å². The smallest absolute Gasteiger partial charge is 0.478 e. The second-order valence-electron chi connectivity index (χ2n) is 3.37. The van der Waals surface area contributed by atoms with Crippen LogP contribution in [0.4, 0.5) is 0 Å². The summed E-state index contributed by atoms with van der Waals surface area (Å²) in [4.78, 5) is 20.2. The molecule has 1 aliphatic rings. The van der Waals surface area contributed by atoms with Gasteiger partial charge in [-0.25, -0.2) is 9.59 Å². The fourth-order valence-electron chi connectivity index (χ4n) is 1.25. The van der Waals surface area contributed by atoms with Crippen LogP contribution in [0.1, 0.15) is 12.8 Å². The summed E-state index contributed by atoms with van der Waals surface area (Å²) in [5.41, 5.74) is 0. The molecule has 2 unspecified atom stereocenters. The minimum absolute atomic E-state index is 0. The standard InChI is InChI=1S/C10H14O3.C3H4O2.U/c1-3-8(13-10(11)4-2)9-6-5-7-12-9;1-2-3(4)5;/h4,6,8-9H,1-3,5,7H2;2H,1H2,(H,4,5);/q-2;;+2. The van der Waals surface area contributed by atoms with Crippen LogP contribution in [-0.4, -0.2) is 35.9 Å². The van der Waals surface area contributed by atoms with Crippen molar-refractivity contribution in [2.24, 2.45) is 0 Å². The minimum Gasteiger partial charge on any atom is -0.478 e. The van der Waals surface area contributed by atoms with Gasteiger partial charge in [-0.2, -0.15) is 6.42 Å². The van der Waals surface area contributed by atoms with Crippen LogP contribution in [0.15, 0.2) is 25.3 Å². The molecule has 0 amide bonds. The van der Waals surface area contributed by atoms with Crippen molar-refractivity contribution in [2.75, 3.05) is 6.61 Å². The molecule has 0 aliphatic carbocycles. The zero-order valence-corrected chi connectivity index (χ0v) is 14.9. The number of carboxylic acids is 1. The van der Waals surface area contributed by atoms with Crippen molar-refractivity contribution in [3.63, 3.8) is 0 Å². The number of hydrogen-bond donors (Lipinski definition) is 1. The Morgan fingerprint density at radius 2 is 2.11 bits per heavy atom. The molecular formula is C13H18O5U. The first kappa shape index (κ1) is 20.7. The Morgan fingerprint density at radius 3 is 2.42 bits per heavy atom. The zero-order chi connectivity index (χ0) is 14.0. The van der Waals surface area contributed by atoms with E-state index in [2.05, 4.69) is 20.1 Å². The van der Waals surface area contributed by atoms with Crippen molar-refractivity contribution in [1.82, 2.24) is 0 Å². The van der Waals surface area contributed by atoms with Gasteiger partial charge in [0.05, 0.1) is 6.10 Å². The van der Waals surface area contributed by atoms with Crippen molar-refractivity contribution in [3.05, 3.63) is 38.7 Å². The summed E-state index contributed by atoms with van der Waals surface area (Å²) < 4.78 is 10.4. The number of aliphatic carboxylic acids is 1. The van der Waals surface area contributed by atoms with Gasteiger partial charge in [0, 0.05) is 18.8 Å². The minimum atomic E-state index is -0.981. The molecule has 0 bridgehead atoms. The molecular weight excluding hydrogens is 474 g/mol. The molecule has 1 heterocycles. The van der Waals surface area contributed by atoms with Gasteiger partial charge in [-0.05, 0) is 6.10 Å². The van der Waals surface area contributed by atoms with Crippen molar-refractivity contribution in [3.8, 4) is 0 Å². The molecule has 1 saturated heterocycles. The van der Waals surface area contributed by atoms with E-state index in [0.29, 0.717) is 13.0 Å². The van der Waals surface area contributed by atoms with E-state index < -0.39 is 11.9 Å². The van der Waals surface area contributed by atoms with Gasteiger partial charge in [0.1, 0.15) is 0 Å². The van der Waals surface area contributed by atoms with Crippen molar-refractivity contribution in [2.45, 2.75) is 25.0 Å². The maximum atomic E-state index is 10.9. The van der Waals surface area contributed by atoms with Crippen LogP contribution in [0.25, 0.3) is 0 Å². The zero-order valence-electron chi connectivity index (χ0n) is 10.7. The topological polar surface area (TPSA) is 72.8 Å². The van der Waals surface area contributed by atoms with Crippen LogP contribution < -0.4 is 0 Å². The van der Waals surface area contributed by atoms with E-state index in [1.54, 1.807) is 0 Å². The van der Waals surface area contributed by atoms with Crippen LogP contribution in [-0.2, 0) is 19.1 Å². The van der Waals surface area contributed by atoms with Crippen LogP contribution in [0.2, 0.25) is 0 Å². The van der Waals surface area contributed by atoms with Gasteiger partial charge in [0.15, 0.2) is 0 Å². The van der Waals surface area contributed by atoms with Gasteiger partial charge in [-0.15, -0.1) is 6.42 Å². The average molecular weight is 492 g/mol. The first-order valence-electron chi connectivity index (χ1n) is 5.47. The fourth-order valence-corrected chi connectivity index (χ4v) is 1.25. The maximum absolute atomic E-state index is 10.9. The molecule has 2 atom stereocenters. The van der Waals surface area contributed by atoms with Crippen LogP contribution in [0.5, 0.6) is 0 Å². The molecule has 6 heteroatoms. The quantitative estimate of drug-likeness (QED) is 0.359. The predicted molar refractivity (Wildman–Crippen MR) is 66.5 cm³/mol. The van der Waals surface area contributed by atoms with Crippen molar-refractivity contribution < 1.29 is 55.3 Å². The SMILES string of the molecule is C=CC(=O)O.C=CC(=O)OC(C[CH2-])C1[CH-]CCO1.[U+2]. The number of carbonyl (C=O) groups is 2. The summed E-state index contributed by atoms with van der Waals surface area (Å²) >= 11 is 0. The summed E-state index contributed by atoms with van der Waals surface area (Å²) in [6, 6.07) is 0. The predicted octanol–water partition coefficient (Wildman–Crippen LogP) is 1.56. The molecule has 1 fully saturated rings. The Bertz CT molecular complexity index is 297. The van der Waals surface area contributed by atoms with E-state index >= 15 is 0 Å². The number of esters is 1. The van der Waals surface area contributed by atoms with Gasteiger partial charge in [0.25, 0.3) is 0 Å². The first-order valence-corrected chi connectivity index (χ1v) is 5.47. The summed E-state index contributed by atoms with van der Waals surface area (Å²) in [5, 5.41) is 7.60. The molecule has 0 saturated carbocycles. The first-order chi connectivity index (χ1) is 8.54. The number of rotatable bonds is 5. The maximum Gasteiger partial charge on any atom is 2.00 e. The molecule has 1 aliphatic heterocycles. The molecule has 19 heavy (non-hydrogen) atoms. The van der Waals surface area contributed by atoms with Crippen molar-refractivity contribution >= 4 is 11.9 Å². The number of hydrogen-bond acceptors (Lipinski definition) is 4. The Hall–Kier alpha value is -0.568. The fraction of sp³-hybridized carbons (Fsp3) is 0.385. The summed E-state index contributed by atoms with van der Waals surface area (Å²) in [6.07, 6.45) is 5.05. The third kappa shape index (κ3) is 9.94. The van der Waals surface area contributed by atoms with E-state index in [-0.39, 0.29) is 43.3 Å². The van der Waals surface area contributed by atoms with Crippen LogP contribution >= 0.6 is 0 Å². The molecule has 1 N–H and O–H groups in total. The second kappa shape index (κ2) is 12.5. The van der Waals surface area contributed by atoms with Gasteiger partial charge >= 0.3 is 43.1 Å². The van der Waals surface area contributed by atoms with Crippen LogP contribution in [0, 0.1) is 44.5 Å². The van der Waals surface area contributed by atoms with E-state index in [1.165, 1.54) is 0 Å². The van der Waals surface area contributed by atoms with E-state index in [4.69, 9.17) is 14.6 Å².